The van der Waals surface area contributed by atoms with Gasteiger partial charge in [-0.3, -0.25) is 9.63 Å². The summed E-state index contributed by atoms with van der Waals surface area (Å²) in [6.45, 7) is 5.19. The molecule has 1 aromatic heterocycles. The minimum absolute atomic E-state index is 0.156. The van der Waals surface area contributed by atoms with E-state index in [1.54, 1.807) is 20.8 Å². The molecule has 1 aromatic rings. The predicted octanol–water partition coefficient (Wildman–Crippen LogP) is -0.177. The van der Waals surface area contributed by atoms with Crippen LogP contribution < -0.4 is 5.48 Å². The van der Waals surface area contributed by atoms with Crippen molar-refractivity contribution in [2.45, 2.75) is 32.9 Å². The van der Waals surface area contributed by atoms with Gasteiger partial charge in [-0.1, -0.05) is 5.21 Å². The van der Waals surface area contributed by atoms with Crippen LogP contribution in [-0.2, 0) is 16.2 Å². The number of rotatable bonds is 4. The first-order valence-electron chi connectivity index (χ1n) is 4.88. The SMILES string of the molecule is CC(C)(C)ONC(=O)Cn1cc(C(=O)O)nn1. The Morgan fingerprint density at radius 2 is 2.18 bits per heavy atom. The van der Waals surface area contributed by atoms with Gasteiger partial charge in [-0.25, -0.2) is 15.0 Å². The van der Waals surface area contributed by atoms with Crippen molar-refractivity contribution in [2.75, 3.05) is 0 Å². The van der Waals surface area contributed by atoms with E-state index in [-0.39, 0.29) is 12.2 Å². The lowest BCUT2D eigenvalue weighted by Crippen LogP contribution is -2.35. The van der Waals surface area contributed by atoms with Gasteiger partial charge in [0.05, 0.1) is 11.8 Å². The fourth-order valence-corrected chi connectivity index (χ4v) is 0.863. The molecule has 8 heteroatoms. The number of aromatic nitrogens is 3. The summed E-state index contributed by atoms with van der Waals surface area (Å²) in [5.74, 6) is -1.63. The summed E-state index contributed by atoms with van der Waals surface area (Å²) in [6.07, 6.45) is 1.17. The van der Waals surface area contributed by atoms with Crippen molar-refractivity contribution < 1.29 is 19.5 Å². The summed E-state index contributed by atoms with van der Waals surface area (Å²) in [7, 11) is 0. The molecule has 1 rings (SSSR count). The van der Waals surface area contributed by atoms with Crippen LogP contribution in [0.1, 0.15) is 31.3 Å². The van der Waals surface area contributed by atoms with Gasteiger partial charge >= 0.3 is 5.97 Å². The highest BCUT2D eigenvalue weighted by molar-refractivity contribution is 5.84. The largest absolute Gasteiger partial charge is 0.476 e. The molecule has 0 aromatic carbocycles. The van der Waals surface area contributed by atoms with Gasteiger partial charge in [0.15, 0.2) is 5.69 Å². The van der Waals surface area contributed by atoms with E-state index < -0.39 is 17.5 Å². The van der Waals surface area contributed by atoms with Gasteiger partial charge in [0.1, 0.15) is 6.54 Å². The Labute approximate surface area is 97.5 Å². The monoisotopic (exact) mass is 242 g/mol. The number of carboxylic acids is 1. The van der Waals surface area contributed by atoms with Crippen molar-refractivity contribution in [3.05, 3.63) is 11.9 Å². The number of nitrogens with zero attached hydrogens (tertiary/aromatic N) is 3. The molecule has 0 unspecified atom stereocenters. The molecule has 0 saturated carbocycles. The lowest BCUT2D eigenvalue weighted by atomic mass is 10.2. The zero-order chi connectivity index (χ0) is 13.1. The molecule has 17 heavy (non-hydrogen) atoms. The second kappa shape index (κ2) is 4.91. The molecular weight excluding hydrogens is 228 g/mol. The Bertz CT molecular complexity index is 421. The van der Waals surface area contributed by atoms with Crippen LogP contribution in [0.15, 0.2) is 6.20 Å². The van der Waals surface area contributed by atoms with E-state index in [4.69, 9.17) is 9.94 Å². The van der Waals surface area contributed by atoms with Crippen LogP contribution in [0, 0.1) is 0 Å². The van der Waals surface area contributed by atoms with Gasteiger partial charge in [-0.2, -0.15) is 0 Å². The molecular formula is C9H14N4O4. The lowest BCUT2D eigenvalue weighted by molar-refractivity contribution is -0.146. The topological polar surface area (TPSA) is 106 Å². The van der Waals surface area contributed by atoms with Gasteiger partial charge in [0, 0.05) is 0 Å². The summed E-state index contributed by atoms with van der Waals surface area (Å²) in [6, 6.07) is 0. The van der Waals surface area contributed by atoms with Crippen LogP contribution in [0.3, 0.4) is 0 Å². The van der Waals surface area contributed by atoms with E-state index in [9.17, 15) is 9.59 Å². The molecule has 0 radical (unpaired) electrons. The smallest absolute Gasteiger partial charge is 0.358 e. The number of hydrogen-bond acceptors (Lipinski definition) is 5. The third-order valence-electron chi connectivity index (χ3n) is 1.53. The van der Waals surface area contributed by atoms with E-state index in [2.05, 4.69) is 15.8 Å². The molecule has 1 heterocycles. The predicted molar refractivity (Wildman–Crippen MR) is 56.0 cm³/mol. The highest BCUT2D eigenvalue weighted by Crippen LogP contribution is 2.03. The molecule has 94 valence electrons. The maximum absolute atomic E-state index is 11.4. The fraction of sp³-hybridized carbons (Fsp3) is 0.556. The Morgan fingerprint density at radius 1 is 1.53 bits per heavy atom. The van der Waals surface area contributed by atoms with Crippen LogP contribution in [0.5, 0.6) is 0 Å². The van der Waals surface area contributed by atoms with Crippen molar-refractivity contribution >= 4 is 11.9 Å². The average Bonchev–Trinajstić information content (AvgIpc) is 2.62. The number of nitrogens with one attached hydrogen (secondary N) is 1. The third-order valence-corrected chi connectivity index (χ3v) is 1.53. The lowest BCUT2D eigenvalue weighted by Gasteiger charge is -2.18. The molecule has 1 amide bonds. The highest BCUT2D eigenvalue weighted by Gasteiger charge is 2.14. The number of carboxylic acid groups (broad SMARTS) is 1. The molecule has 0 aliphatic heterocycles. The average molecular weight is 242 g/mol. The first-order chi connectivity index (χ1) is 7.78. The van der Waals surface area contributed by atoms with Gasteiger partial charge < -0.3 is 5.11 Å². The van der Waals surface area contributed by atoms with Gasteiger partial charge in [0.2, 0.25) is 0 Å². The summed E-state index contributed by atoms with van der Waals surface area (Å²) < 4.78 is 1.12. The molecule has 0 fully saturated rings. The summed E-state index contributed by atoms with van der Waals surface area (Å²) >= 11 is 0. The van der Waals surface area contributed by atoms with Crippen molar-refractivity contribution in [2.24, 2.45) is 0 Å². The summed E-state index contributed by atoms with van der Waals surface area (Å²) in [5, 5.41) is 15.5. The van der Waals surface area contributed by atoms with E-state index in [1.807, 2.05) is 0 Å². The highest BCUT2D eigenvalue weighted by atomic mass is 16.7. The van der Waals surface area contributed by atoms with Crippen LogP contribution in [0.4, 0.5) is 0 Å². The minimum atomic E-state index is -1.19. The standard InChI is InChI=1S/C9H14N4O4/c1-9(2,3)17-11-7(14)5-13-4-6(8(15)16)10-12-13/h4H,5H2,1-3H3,(H,11,14)(H,15,16). The number of carbonyl (C=O) groups is 2. The van der Waals surface area contributed by atoms with Crippen molar-refractivity contribution in [3.63, 3.8) is 0 Å². The van der Waals surface area contributed by atoms with E-state index in [0.717, 1.165) is 4.68 Å². The van der Waals surface area contributed by atoms with Crippen LogP contribution in [0.2, 0.25) is 0 Å². The quantitative estimate of drug-likeness (QED) is 0.709. The Morgan fingerprint density at radius 3 is 2.65 bits per heavy atom. The van der Waals surface area contributed by atoms with Gasteiger partial charge in [-0.15, -0.1) is 5.10 Å². The number of amides is 1. The molecule has 0 saturated heterocycles. The van der Waals surface area contributed by atoms with E-state index in [1.165, 1.54) is 6.20 Å². The number of carbonyl (C=O) groups excluding carboxylic acids is 1. The Hall–Kier alpha value is -1.96. The van der Waals surface area contributed by atoms with Crippen LogP contribution >= 0.6 is 0 Å². The molecule has 0 atom stereocenters. The number of aromatic carboxylic acids is 1. The number of hydrogen-bond donors (Lipinski definition) is 2. The number of hydroxylamine groups is 1. The molecule has 0 spiro atoms. The summed E-state index contributed by atoms with van der Waals surface area (Å²) in [5.41, 5.74) is 1.53. The zero-order valence-corrected chi connectivity index (χ0v) is 9.80. The zero-order valence-electron chi connectivity index (χ0n) is 9.80. The fourth-order valence-electron chi connectivity index (χ4n) is 0.863. The second-order valence-corrected chi connectivity index (χ2v) is 4.35. The van der Waals surface area contributed by atoms with Gasteiger partial charge in [0.25, 0.3) is 5.91 Å². The minimum Gasteiger partial charge on any atom is -0.476 e. The normalized spacial score (nSPS) is 11.2. The maximum Gasteiger partial charge on any atom is 0.358 e. The van der Waals surface area contributed by atoms with Crippen molar-refractivity contribution in [1.82, 2.24) is 20.5 Å². The first-order valence-corrected chi connectivity index (χ1v) is 4.88. The van der Waals surface area contributed by atoms with E-state index >= 15 is 0 Å². The molecule has 0 aliphatic rings. The van der Waals surface area contributed by atoms with E-state index in [0.29, 0.717) is 0 Å². The maximum atomic E-state index is 11.4. The van der Waals surface area contributed by atoms with Crippen LogP contribution in [-0.4, -0.2) is 37.6 Å². The molecule has 0 bridgehead atoms. The molecule has 2 N–H and O–H groups in total. The van der Waals surface area contributed by atoms with Crippen molar-refractivity contribution in [3.8, 4) is 0 Å². The Kier molecular flexibility index (Phi) is 3.79. The summed E-state index contributed by atoms with van der Waals surface area (Å²) in [4.78, 5) is 26.9. The first kappa shape index (κ1) is 13.1. The van der Waals surface area contributed by atoms with Gasteiger partial charge in [-0.05, 0) is 20.8 Å². The molecule has 0 aliphatic carbocycles. The Balaban J connectivity index is 2.48. The van der Waals surface area contributed by atoms with Crippen LogP contribution in [0.25, 0.3) is 0 Å². The third kappa shape index (κ3) is 4.60. The molecule has 8 nitrogen and oxygen atoms in total. The van der Waals surface area contributed by atoms with Crippen molar-refractivity contribution in [1.29, 1.82) is 0 Å². The second-order valence-electron chi connectivity index (χ2n) is 4.35.